The summed E-state index contributed by atoms with van der Waals surface area (Å²) < 4.78 is 22.7. The van der Waals surface area contributed by atoms with Crippen LogP contribution >= 0.6 is 0 Å². The number of nitrogens with zero attached hydrogens (tertiary/aromatic N) is 3. The molecule has 0 amide bonds. The van der Waals surface area contributed by atoms with E-state index in [-0.39, 0.29) is 0 Å². The van der Waals surface area contributed by atoms with Crippen LogP contribution in [0.3, 0.4) is 0 Å². The number of allylic oxidation sites excluding steroid dienone is 3. The predicted octanol–water partition coefficient (Wildman–Crippen LogP) is 5.72. The second-order valence-corrected chi connectivity index (χ2v) is 10.5. The molecule has 1 aliphatic rings. The van der Waals surface area contributed by atoms with Crippen molar-refractivity contribution in [2.45, 2.75) is 68.7 Å². The Bertz CT molecular complexity index is 692. The van der Waals surface area contributed by atoms with Crippen LogP contribution in [0.4, 0.5) is 0 Å². The summed E-state index contributed by atoms with van der Waals surface area (Å²) in [5, 5.41) is 0. The third-order valence-electron chi connectivity index (χ3n) is 9.65. The Morgan fingerprint density at radius 3 is 1.32 bits per heavy atom. The Balaban J connectivity index is 3.12. The smallest absolute Gasteiger partial charge is 0.203 e. The average molecular weight is 525 g/mol. The molecule has 0 radical (unpaired) electrons. The number of hydrogen-bond acceptors (Lipinski definition) is 3. The van der Waals surface area contributed by atoms with Gasteiger partial charge in [0.15, 0.2) is 11.5 Å². The minimum atomic E-state index is 0.657. The van der Waals surface area contributed by atoms with Gasteiger partial charge in [0, 0.05) is 0 Å². The van der Waals surface area contributed by atoms with Crippen LogP contribution in [0, 0.1) is 0 Å². The second-order valence-electron chi connectivity index (χ2n) is 10.5. The van der Waals surface area contributed by atoms with Crippen LogP contribution in [0.5, 0.6) is 0 Å². The Hall–Kier alpha value is -1.50. The fourth-order valence-corrected chi connectivity index (χ4v) is 5.50. The van der Waals surface area contributed by atoms with Gasteiger partial charge in [0.05, 0.1) is 58.9 Å². The minimum absolute atomic E-state index is 0.657. The van der Waals surface area contributed by atoms with E-state index in [4.69, 9.17) is 14.2 Å². The molecule has 0 saturated carbocycles. The van der Waals surface area contributed by atoms with Crippen LogP contribution in [0.15, 0.2) is 35.5 Å². The third-order valence-corrected chi connectivity index (χ3v) is 9.65. The molecule has 37 heavy (non-hydrogen) atoms. The van der Waals surface area contributed by atoms with Crippen molar-refractivity contribution >= 4 is 0 Å². The highest BCUT2D eigenvalue weighted by Gasteiger charge is 2.26. The van der Waals surface area contributed by atoms with Gasteiger partial charge in [-0.3, -0.25) is 0 Å². The largest absolute Gasteiger partial charge is 0.484 e. The molecule has 0 unspecified atom stereocenters. The van der Waals surface area contributed by atoms with Gasteiger partial charge in [0.25, 0.3) is 0 Å². The van der Waals surface area contributed by atoms with Crippen molar-refractivity contribution in [1.29, 1.82) is 0 Å². The maximum absolute atomic E-state index is 6.56. The summed E-state index contributed by atoms with van der Waals surface area (Å²) >= 11 is 0. The molecule has 0 N–H and O–H groups in total. The van der Waals surface area contributed by atoms with E-state index < -0.39 is 0 Å². The van der Waals surface area contributed by atoms with Gasteiger partial charge in [-0.15, -0.1) is 0 Å². The summed E-state index contributed by atoms with van der Waals surface area (Å²) in [4.78, 5) is 0. The van der Waals surface area contributed by atoms with Crippen molar-refractivity contribution in [1.82, 2.24) is 0 Å². The zero-order chi connectivity index (χ0) is 27.8. The summed E-state index contributed by atoms with van der Waals surface area (Å²) in [7, 11) is 0. The summed E-state index contributed by atoms with van der Waals surface area (Å²) in [5.41, 5.74) is 0. The number of rotatable bonds is 21. The van der Waals surface area contributed by atoms with Gasteiger partial charge in [0.2, 0.25) is 5.76 Å². The van der Waals surface area contributed by atoms with Crippen LogP contribution in [0.1, 0.15) is 68.7 Å². The van der Waals surface area contributed by atoms with E-state index in [2.05, 4.69) is 80.5 Å². The van der Waals surface area contributed by atoms with Gasteiger partial charge in [-0.1, -0.05) is 6.08 Å². The van der Waals surface area contributed by atoms with Crippen LogP contribution in [-0.4, -0.2) is 112 Å². The zero-order valence-corrected chi connectivity index (χ0v) is 26.1. The lowest BCUT2D eigenvalue weighted by Crippen LogP contribution is -2.49. The molecule has 1 aliphatic carbocycles. The topological polar surface area (TPSA) is 27.7 Å². The lowest BCUT2D eigenvalue weighted by molar-refractivity contribution is -0.923. The van der Waals surface area contributed by atoms with Crippen molar-refractivity contribution in [2.24, 2.45) is 0 Å². The highest BCUT2D eigenvalue weighted by atomic mass is 16.5. The summed E-state index contributed by atoms with van der Waals surface area (Å²) in [6, 6.07) is 0. The molecule has 6 nitrogen and oxygen atoms in total. The summed E-state index contributed by atoms with van der Waals surface area (Å²) in [5.74, 6) is 2.43. The highest BCUT2D eigenvalue weighted by Crippen LogP contribution is 2.25. The normalized spacial score (nSPS) is 15.0. The summed E-state index contributed by atoms with van der Waals surface area (Å²) in [6.45, 7) is 35.6. The van der Waals surface area contributed by atoms with Crippen LogP contribution in [0.2, 0.25) is 0 Å². The lowest BCUT2D eigenvalue weighted by atomic mass is 10.3. The standard InChI is InChI=1S/C31H62N3O3/c1-10-32(11-2,12-3)23-26-35-29-21-19-20-22-30(36-27-24-33(13-4,14-5)15-6)31(29)37-28-25-34(16-7,17-8)18-9/h19,21-22H,10-18,20,23-28H2,1-9H3/q+3. The molecule has 0 fully saturated rings. The first-order valence-corrected chi connectivity index (χ1v) is 15.4. The van der Waals surface area contributed by atoms with Gasteiger partial charge in [-0.05, 0) is 80.9 Å². The molecule has 0 heterocycles. The van der Waals surface area contributed by atoms with Crippen molar-refractivity contribution < 1.29 is 27.7 Å². The first-order chi connectivity index (χ1) is 17.8. The van der Waals surface area contributed by atoms with Crippen LogP contribution in [0.25, 0.3) is 0 Å². The van der Waals surface area contributed by atoms with E-state index in [1.807, 2.05) is 0 Å². The van der Waals surface area contributed by atoms with Crippen LogP contribution < -0.4 is 0 Å². The van der Waals surface area contributed by atoms with Crippen LogP contribution in [-0.2, 0) is 14.2 Å². The maximum atomic E-state index is 6.56. The molecule has 6 heteroatoms. The Labute approximate surface area is 230 Å². The lowest BCUT2D eigenvalue weighted by Gasteiger charge is -2.36. The molecule has 0 aromatic carbocycles. The summed E-state index contributed by atoms with van der Waals surface area (Å²) in [6.07, 6.45) is 7.23. The molecule has 216 valence electrons. The third kappa shape index (κ3) is 9.63. The quantitative estimate of drug-likeness (QED) is 0.180. The van der Waals surface area contributed by atoms with Crippen molar-refractivity contribution in [3.8, 4) is 0 Å². The fraction of sp³-hybridized carbons (Fsp3) is 0.806. The van der Waals surface area contributed by atoms with Gasteiger partial charge >= 0.3 is 0 Å². The van der Waals surface area contributed by atoms with Gasteiger partial charge < -0.3 is 27.7 Å². The minimum Gasteiger partial charge on any atom is -0.484 e. The van der Waals surface area contributed by atoms with Crippen molar-refractivity contribution in [2.75, 3.05) is 98.4 Å². The SMILES string of the molecule is CC[N+](CC)(CC)CCOC1=CCC=CC(OCC[N+](CC)(CC)CC)=C1OCC[N+](CC)(CC)CC. The Morgan fingerprint density at radius 2 is 0.919 bits per heavy atom. The fourth-order valence-electron chi connectivity index (χ4n) is 5.50. The van der Waals surface area contributed by atoms with E-state index >= 15 is 0 Å². The van der Waals surface area contributed by atoms with Crippen molar-refractivity contribution in [3.05, 3.63) is 35.5 Å². The van der Waals surface area contributed by atoms with Gasteiger partial charge in [0.1, 0.15) is 39.5 Å². The molecule has 0 aromatic heterocycles. The predicted molar refractivity (Wildman–Crippen MR) is 157 cm³/mol. The van der Waals surface area contributed by atoms with E-state index in [1.54, 1.807) is 0 Å². The molecule has 0 spiro atoms. The maximum Gasteiger partial charge on any atom is 0.203 e. The molecule has 0 saturated heterocycles. The van der Waals surface area contributed by atoms with Gasteiger partial charge in [-0.2, -0.15) is 0 Å². The van der Waals surface area contributed by atoms with E-state index in [1.165, 1.54) is 0 Å². The molecular formula is C31H62N3O3+3. The molecule has 0 aliphatic heterocycles. The monoisotopic (exact) mass is 524 g/mol. The van der Waals surface area contributed by atoms with Gasteiger partial charge in [-0.25, -0.2) is 0 Å². The van der Waals surface area contributed by atoms with E-state index in [0.717, 1.165) is 116 Å². The molecular weight excluding hydrogens is 462 g/mol. The number of ether oxygens (including phenoxy) is 3. The molecule has 0 atom stereocenters. The second kappa shape index (κ2) is 17.2. The molecule has 0 bridgehead atoms. The van der Waals surface area contributed by atoms with E-state index in [0.29, 0.717) is 19.8 Å². The number of likely N-dealkylation sites (N-methyl/N-ethyl adjacent to an activating group) is 3. The number of hydrogen-bond donors (Lipinski definition) is 0. The Morgan fingerprint density at radius 1 is 0.541 bits per heavy atom. The first-order valence-electron chi connectivity index (χ1n) is 15.4. The molecule has 1 rings (SSSR count). The number of quaternary nitrogens is 3. The zero-order valence-electron chi connectivity index (χ0n) is 26.1. The first kappa shape index (κ1) is 33.5. The Kier molecular flexibility index (Phi) is 15.5. The van der Waals surface area contributed by atoms with E-state index in [9.17, 15) is 0 Å². The highest BCUT2D eigenvalue weighted by molar-refractivity contribution is 5.33. The van der Waals surface area contributed by atoms with Crippen molar-refractivity contribution in [3.63, 3.8) is 0 Å². The average Bonchev–Trinajstić information content (AvgIpc) is 3.14. The molecule has 0 aromatic rings.